The third-order valence-electron chi connectivity index (χ3n) is 1.66. The Morgan fingerprint density at radius 2 is 2.58 bits per heavy atom. The maximum absolute atomic E-state index is 4.17. The number of hydrogen-bond acceptors (Lipinski definition) is 3. The van der Waals surface area contributed by atoms with Crippen molar-refractivity contribution in [1.29, 1.82) is 0 Å². The first-order chi connectivity index (χ1) is 5.84. The van der Waals surface area contributed by atoms with Crippen LogP contribution in [0.2, 0.25) is 0 Å². The molecule has 2 nitrogen and oxygen atoms in total. The molecule has 0 bridgehead atoms. The van der Waals surface area contributed by atoms with Gasteiger partial charge in [-0.1, -0.05) is 6.08 Å². The van der Waals surface area contributed by atoms with Gasteiger partial charge < -0.3 is 5.32 Å². The lowest BCUT2D eigenvalue weighted by atomic mass is 10.3. The van der Waals surface area contributed by atoms with Gasteiger partial charge in [0.25, 0.3) is 0 Å². The number of aromatic nitrogens is 1. The lowest BCUT2D eigenvalue weighted by Crippen LogP contribution is -2.13. The normalized spacial score (nSPS) is 10.1. The van der Waals surface area contributed by atoms with Crippen LogP contribution in [0.3, 0.4) is 0 Å². The topological polar surface area (TPSA) is 24.9 Å². The summed E-state index contributed by atoms with van der Waals surface area (Å²) in [5.74, 6) is 0. The van der Waals surface area contributed by atoms with E-state index in [4.69, 9.17) is 0 Å². The molecular formula is C9H14N2S. The van der Waals surface area contributed by atoms with Crippen molar-refractivity contribution < 1.29 is 0 Å². The maximum Gasteiger partial charge on any atom is 0.0798 e. The van der Waals surface area contributed by atoms with Crippen LogP contribution in [0, 0.1) is 6.92 Å². The van der Waals surface area contributed by atoms with Gasteiger partial charge in [0.15, 0.2) is 0 Å². The molecule has 0 radical (unpaired) electrons. The predicted octanol–water partition coefficient (Wildman–Crippen LogP) is 2.12. The van der Waals surface area contributed by atoms with Crippen LogP contribution in [-0.4, -0.2) is 11.5 Å². The Balaban J connectivity index is 2.24. The molecule has 1 rings (SSSR count). The number of hydrogen-bond donors (Lipinski definition) is 1. The summed E-state index contributed by atoms with van der Waals surface area (Å²) in [7, 11) is 0. The molecule has 0 fully saturated rings. The largest absolute Gasteiger partial charge is 0.311 e. The third-order valence-corrected chi connectivity index (χ3v) is 2.59. The van der Waals surface area contributed by atoms with Crippen molar-refractivity contribution in [3.8, 4) is 0 Å². The van der Waals surface area contributed by atoms with E-state index >= 15 is 0 Å². The second-order valence-electron chi connectivity index (χ2n) is 2.62. The molecule has 1 heterocycles. The maximum atomic E-state index is 4.17. The number of nitrogens with one attached hydrogen (secondary N) is 1. The van der Waals surface area contributed by atoms with Crippen molar-refractivity contribution in [1.82, 2.24) is 10.3 Å². The van der Waals surface area contributed by atoms with E-state index in [2.05, 4.69) is 16.9 Å². The first-order valence-corrected chi connectivity index (χ1v) is 4.93. The van der Waals surface area contributed by atoms with Crippen molar-refractivity contribution >= 4 is 11.3 Å². The first kappa shape index (κ1) is 9.42. The minimum atomic E-state index is 0.935. The van der Waals surface area contributed by atoms with Gasteiger partial charge >= 0.3 is 0 Å². The Bertz CT molecular complexity index is 242. The van der Waals surface area contributed by atoms with Crippen LogP contribution >= 0.6 is 11.3 Å². The quantitative estimate of drug-likeness (QED) is 0.557. The van der Waals surface area contributed by atoms with Gasteiger partial charge in [-0.05, 0) is 19.9 Å². The van der Waals surface area contributed by atoms with Gasteiger partial charge in [0.05, 0.1) is 11.2 Å². The number of thiazole rings is 1. The van der Waals surface area contributed by atoms with Crippen LogP contribution in [0.5, 0.6) is 0 Å². The van der Waals surface area contributed by atoms with Gasteiger partial charge in [-0.15, -0.1) is 17.9 Å². The molecule has 1 aromatic heterocycles. The van der Waals surface area contributed by atoms with Crippen molar-refractivity contribution in [2.24, 2.45) is 0 Å². The Morgan fingerprint density at radius 3 is 3.17 bits per heavy atom. The van der Waals surface area contributed by atoms with Gasteiger partial charge in [-0.2, -0.15) is 0 Å². The van der Waals surface area contributed by atoms with E-state index in [9.17, 15) is 0 Å². The van der Waals surface area contributed by atoms with Gasteiger partial charge in [0, 0.05) is 11.4 Å². The summed E-state index contributed by atoms with van der Waals surface area (Å²) in [5.41, 5.74) is 3.03. The lowest BCUT2D eigenvalue weighted by molar-refractivity contribution is 0.699. The Kier molecular flexibility index (Phi) is 3.97. The minimum absolute atomic E-state index is 0.935. The summed E-state index contributed by atoms with van der Waals surface area (Å²) in [6.45, 7) is 7.64. The molecule has 0 aromatic carbocycles. The van der Waals surface area contributed by atoms with E-state index < -0.39 is 0 Å². The summed E-state index contributed by atoms with van der Waals surface area (Å²) < 4.78 is 0. The number of nitrogens with zero attached hydrogens (tertiary/aromatic N) is 1. The molecule has 1 N–H and O–H groups in total. The highest BCUT2D eigenvalue weighted by Gasteiger charge is 1.98. The number of aryl methyl sites for hydroxylation is 1. The van der Waals surface area contributed by atoms with Gasteiger partial charge in [0.2, 0.25) is 0 Å². The number of rotatable bonds is 5. The highest BCUT2D eigenvalue weighted by atomic mass is 32.1. The predicted molar refractivity (Wildman–Crippen MR) is 53.4 cm³/mol. The van der Waals surface area contributed by atoms with Crippen LogP contribution in [-0.2, 0) is 6.54 Å². The molecule has 0 aliphatic rings. The monoisotopic (exact) mass is 182 g/mol. The second kappa shape index (κ2) is 5.06. The van der Waals surface area contributed by atoms with Gasteiger partial charge in [-0.25, -0.2) is 4.98 Å². The van der Waals surface area contributed by atoms with Crippen molar-refractivity contribution in [2.45, 2.75) is 19.9 Å². The lowest BCUT2D eigenvalue weighted by Gasteiger charge is -2.00. The third kappa shape index (κ3) is 2.75. The zero-order valence-electron chi connectivity index (χ0n) is 7.34. The van der Waals surface area contributed by atoms with E-state index in [0.29, 0.717) is 0 Å². The molecule has 0 unspecified atom stereocenters. The fraction of sp³-hybridized carbons (Fsp3) is 0.444. The van der Waals surface area contributed by atoms with E-state index in [1.54, 1.807) is 11.3 Å². The summed E-state index contributed by atoms with van der Waals surface area (Å²) in [5, 5.41) is 3.33. The molecule has 0 amide bonds. The molecule has 0 spiro atoms. The second-order valence-corrected chi connectivity index (χ2v) is 3.55. The summed E-state index contributed by atoms with van der Waals surface area (Å²) in [6, 6.07) is 0. The van der Waals surface area contributed by atoms with E-state index in [1.807, 2.05) is 18.5 Å². The van der Waals surface area contributed by atoms with Crippen LogP contribution in [0.15, 0.2) is 18.2 Å². The highest BCUT2D eigenvalue weighted by Crippen LogP contribution is 2.10. The van der Waals surface area contributed by atoms with E-state index in [0.717, 1.165) is 25.2 Å². The van der Waals surface area contributed by atoms with Crippen LogP contribution in [0.1, 0.15) is 17.0 Å². The van der Waals surface area contributed by atoms with E-state index in [1.165, 1.54) is 4.88 Å². The molecule has 1 aromatic rings. The average molecular weight is 182 g/mol. The Hall–Kier alpha value is -0.670. The summed E-state index contributed by atoms with van der Waals surface area (Å²) >= 11 is 1.71. The first-order valence-electron chi connectivity index (χ1n) is 4.05. The molecule has 0 aliphatic heterocycles. The molecule has 66 valence electrons. The average Bonchev–Trinajstić information content (AvgIpc) is 2.46. The standard InChI is InChI=1S/C9H14N2S/c1-3-4-5-10-6-9-8(2)11-7-12-9/h3,7,10H,1,4-6H2,2H3. The molecule has 0 saturated carbocycles. The van der Waals surface area contributed by atoms with Crippen LogP contribution < -0.4 is 5.32 Å². The molecule has 0 saturated heterocycles. The molecule has 3 heteroatoms. The van der Waals surface area contributed by atoms with Gasteiger partial charge in [0.1, 0.15) is 0 Å². The molecular weight excluding hydrogens is 168 g/mol. The summed E-state index contributed by atoms with van der Waals surface area (Å²) in [4.78, 5) is 5.51. The smallest absolute Gasteiger partial charge is 0.0798 e. The fourth-order valence-electron chi connectivity index (χ4n) is 0.902. The van der Waals surface area contributed by atoms with Crippen LogP contribution in [0.4, 0.5) is 0 Å². The van der Waals surface area contributed by atoms with Crippen LogP contribution in [0.25, 0.3) is 0 Å². The SMILES string of the molecule is C=CCCNCc1scnc1C. The fourth-order valence-corrected chi connectivity index (χ4v) is 1.65. The Morgan fingerprint density at radius 1 is 1.75 bits per heavy atom. The molecule has 0 aliphatic carbocycles. The minimum Gasteiger partial charge on any atom is -0.311 e. The zero-order valence-corrected chi connectivity index (χ0v) is 8.16. The van der Waals surface area contributed by atoms with Gasteiger partial charge in [-0.3, -0.25) is 0 Å². The van der Waals surface area contributed by atoms with Crippen molar-refractivity contribution in [3.63, 3.8) is 0 Å². The highest BCUT2D eigenvalue weighted by molar-refractivity contribution is 7.09. The Labute approximate surface area is 77.3 Å². The van der Waals surface area contributed by atoms with Crippen molar-refractivity contribution in [2.75, 3.05) is 6.54 Å². The molecule has 0 atom stereocenters. The van der Waals surface area contributed by atoms with Crippen molar-refractivity contribution in [3.05, 3.63) is 28.7 Å². The zero-order chi connectivity index (χ0) is 8.81. The molecule has 12 heavy (non-hydrogen) atoms. The summed E-state index contributed by atoms with van der Waals surface area (Å²) in [6.07, 6.45) is 2.95. The van der Waals surface area contributed by atoms with E-state index in [-0.39, 0.29) is 0 Å².